The van der Waals surface area contributed by atoms with Gasteiger partial charge in [-0.3, -0.25) is 9.36 Å². The standard InChI is InChI=1S/C28H31Cl2N7O/c1-19(2)13-24(27(38)36(3)17-20-7-9-22(29)10-8-20)33-25-15-26(37-12-11-31-18-37)35-28(34-25)32-16-21-5-4-6-23(30)14-21/h4-12,14-15,18-19,24H,13,16-17H2,1-3H3,(H2,32,33,34,35). The van der Waals surface area contributed by atoms with Gasteiger partial charge in [0, 0.05) is 48.6 Å². The summed E-state index contributed by atoms with van der Waals surface area (Å²) < 4.78 is 1.79. The second-order valence-corrected chi connectivity index (χ2v) is 10.4. The van der Waals surface area contributed by atoms with Crippen molar-refractivity contribution in [3.63, 3.8) is 0 Å². The minimum absolute atomic E-state index is 0.0233. The van der Waals surface area contributed by atoms with Gasteiger partial charge in [-0.15, -0.1) is 0 Å². The van der Waals surface area contributed by atoms with Gasteiger partial charge in [0.25, 0.3) is 0 Å². The summed E-state index contributed by atoms with van der Waals surface area (Å²) in [6.07, 6.45) is 5.80. The van der Waals surface area contributed by atoms with Crippen molar-refractivity contribution in [3.8, 4) is 5.82 Å². The highest BCUT2D eigenvalue weighted by molar-refractivity contribution is 6.30. The molecule has 0 saturated carbocycles. The normalized spacial score (nSPS) is 11.8. The Hall–Kier alpha value is -3.62. The molecule has 198 valence electrons. The summed E-state index contributed by atoms with van der Waals surface area (Å²) in [5.74, 6) is 1.85. The fraction of sp³-hybridized carbons (Fsp3) is 0.286. The Morgan fingerprint density at radius 2 is 1.82 bits per heavy atom. The van der Waals surface area contributed by atoms with Gasteiger partial charge in [0.1, 0.15) is 24.0 Å². The van der Waals surface area contributed by atoms with Gasteiger partial charge in [-0.1, -0.05) is 61.3 Å². The first-order valence-electron chi connectivity index (χ1n) is 12.4. The number of likely N-dealkylation sites (N-methyl/N-ethyl adjacent to an activating group) is 1. The van der Waals surface area contributed by atoms with Gasteiger partial charge in [-0.05, 0) is 47.7 Å². The third-order valence-corrected chi connectivity index (χ3v) is 6.34. The lowest BCUT2D eigenvalue weighted by atomic mass is 10.0. The number of halogens is 2. The number of rotatable bonds is 11. The molecule has 0 radical (unpaired) electrons. The quantitative estimate of drug-likeness (QED) is 0.235. The van der Waals surface area contributed by atoms with Crippen LogP contribution in [-0.4, -0.2) is 43.4 Å². The maximum atomic E-state index is 13.5. The first-order chi connectivity index (χ1) is 18.3. The lowest BCUT2D eigenvalue weighted by Gasteiger charge is -2.26. The molecule has 1 atom stereocenters. The lowest BCUT2D eigenvalue weighted by molar-refractivity contribution is -0.131. The molecule has 0 aliphatic carbocycles. The molecule has 4 aromatic rings. The van der Waals surface area contributed by atoms with Crippen LogP contribution in [0.1, 0.15) is 31.4 Å². The number of anilines is 2. The van der Waals surface area contributed by atoms with Crippen LogP contribution in [0.4, 0.5) is 11.8 Å². The van der Waals surface area contributed by atoms with Crippen molar-refractivity contribution in [3.05, 3.63) is 94.5 Å². The minimum atomic E-state index is -0.474. The molecule has 8 nitrogen and oxygen atoms in total. The summed E-state index contributed by atoms with van der Waals surface area (Å²) in [7, 11) is 1.81. The molecule has 38 heavy (non-hydrogen) atoms. The van der Waals surface area contributed by atoms with Gasteiger partial charge in [0.05, 0.1) is 0 Å². The highest BCUT2D eigenvalue weighted by Crippen LogP contribution is 2.20. The smallest absolute Gasteiger partial charge is 0.245 e. The van der Waals surface area contributed by atoms with Gasteiger partial charge in [0.15, 0.2) is 0 Å². The van der Waals surface area contributed by atoms with Crippen molar-refractivity contribution in [2.24, 2.45) is 5.92 Å². The van der Waals surface area contributed by atoms with Crippen molar-refractivity contribution < 1.29 is 4.79 Å². The molecule has 4 rings (SSSR count). The highest BCUT2D eigenvalue weighted by atomic mass is 35.5. The minimum Gasteiger partial charge on any atom is -0.358 e. The zero-order chi connectivity index (χ0) is 27.1. The summed E-state index contributed by atoms with van der Waals surface area (Å²) >= 11 is 12.2. The Morgan fingerprint density at radius 3 is 2.50 bits per heavy atom. The van der Waals surface area contributed by atoms with Gasteiger partial charge in [0.2, 0.25) is 11.9 Å². The monoisotopic (exact) mass is 551 g/mol. The van der Waals surface area contributed by atoms with Crippen LogP contribution in [0, 0.1) is 5.92 Å². The molecule has 0 aliphatic heterocycles. The lowest BCUT2D eigenvalue weighted by Crippen LogP contribution is -2.41. The van der Waals surface area contributed by atoms with E-state index in [0.717, 1.165) is 11.1 Å². The molecule has 2 aromatic heterocycles. The first kappa shape index (κ1) is 27.4. The van der Waals surface area contributed by atoms with E-state index >= 15 is 0 Å². The van der Waals surface area contributed by atoms with E-state index < -0.39 is 6.04 Å². The van der Waals surface area contributed by atoms with Crippen molar-refractivity contribution in [2.45, 2.75) is 39.4 Å². The Balaban J connectivity index is 1.56. The van der Waals surface area contributed by atoms with E-state index in [0.29, 0.717) is 47.1 Å². The molecule has 1 unspecified atom stereocenters. The number of carbonyl (C=O) groups excluding carboxylic acids is 1. The molecule has 2 aromatic carbocycles. The Labute approximate surface area is 233 Å². The SMILES string of the molecule is CC(C)CC(Nc1cc(-n2ccnc2)nc(NCc2cccc(Cl)c2)n1)C(=O)N(C)Cc1ccc(Cl)cc1. The number of nitrogens with one attached hydrogen (secondary N) is 2. The summed E-state index contributed by atoms with van der Waals surface area (Å²) in [5.41, 5.74) is 2.01. The number of carbonyl (C=O) groups is 1. The average Bonchev–Trinajstić information content (AvgIpc) is 3.43. The molecule has 0 fully saturated rings. The molecule has 10 heteroatoms. The van der Waals surface area contributed by atoms with E-state index in [1.807, 2.05) is 60.8 Å². The van der Waals surface area contributed by atoms with Crippen LogP contribution in [0.5, 0.6) is 0 Å². The predicted octanol–water partition coefficient (Wildman–Crippen LogP) is 6.07. The number of hydrogen-bond acceptors (Lipinski definition) is 6. The van der Waals surface area contributed by atoms with Gasteiger partial charge < -0.3 is 15.5 Å². The summed E-state index contributed by atoms with van der Waals surface area (Å²) in [6.45, 7) is 5.15. The molecule has 0 spiro atoms. The van der Waals surface area contributed by atoms with Gasteiger partial charge >= 0.3 is 0 Å². The Bertz CT molecular complexity index is 1340. The Kier molecular flexibility index (Phi) is 9.20. The van der Waals surface area contributed by atoms with Gasteiger partial charge in [-0.2, -0.15) is 9.97 Å². The van der Waals surface area contributed by atoms with Gasteiger partial charge in [-0.25, -0.2) is 4.98 Å². The third-order valence-electron chi connectivity index (χ3n) is 5.86. The zero-order valence-corrected chi connectivity index (χ0v) is 23.1. The largest absolute Gasteiger partial charge is 0.358 e. The van der Waals surface area contributed by atoms with E-state index in [1.54, 1.807) is 29.0 Å². The molecule has 1 amide bonds. The van der Waals surface area contributed by atoms with Crippen LogP contribution in [0.15, 0.2) is 73.3 Å². The fourth-order valence-corrected chi connectivity index (χ4v) is 4.36. The van der Waals surface area contributed by atoms with Crippen molar-refractivity contribution in [2.75, 3.05) is 17.7 Å². The molecule has 2 heterocycles. The second kappa shape index (κ2) is 12.8. The Morgan fingerprint density at radius 1 is 1.03 bits per heavy atom. The molecular weight excluding hydrogens is 521 g/mol. The van der Waals surface area contributed by atoms with E-state index in [9.17, 15) is 4.79 Å². The number of amides is 1. The number of imidazole rings is 1. The predicted molar refractivity (Wildman–Crippen MR) is 153 cm³/mol. The maximum Gasteiger partial charge on any atom is 0.245 e. The van der Waals surface area contributed by atoms with Crippen LogP contribution in [0.2, 0.25) is 10.0 Å². The van der Waals surface area contributed by atoms with Crippen LogP contribution >= 0.6 is 23.2 Å². The van der Waals surface area contributed by atoms with Crippen LogP contribution in [-0.2, 0) is 17.9 Å². The zero-order valence-electron chi connectivity index (χ0n) is 21.6. The van der Waals surface area contributed by atoms with Crippen LogP contribution in [0.25, 0.3) is 5.82 Å². The number of aromatic nitrogens is 4. The van der Waals surface area contributed by atoms with Crippen molar-refractivity contribution >= 4 is 40.9 Å². The van der Waals surface area contributed by atoms with E-state index in [-0.39, 0.29) is 11.8 Å². The molecule has 0 bridgehead atoms. The van der Waals surface area contributed by atoms with Crippen LogP contribution < -0.4 is 10.6 Å². The summed E-state index contributed by atoms with van der Waals surface area (Å²) in [6, 6.07) is 16.5. The van der Waals surface area contributed by atoms with Crippen molar-refractivity contribution in [1.82, 2.24) is 24.4 Å². The third kappa shape index (κ3) is 7.69. The average molecular weight is 553 g/mol. The maximum absolute atomic E-state index is 13.5. The molecule has 0 aliphatic rings. The summed E-state index contributed by atoms with van der Waals surface area (Å²) in [5, 5.41) is 7.98. The van der Waals surface area contributed by atoms with E-state index in [4.69, 9.17) is 23.2 Å². The summed E-state index contributed by atoms with van der Waals surface area (Å²) in [4.78, 5) is 28.7. The molecule has 0 saturated heterocycles. The molecular formula is C28H31Cl2N7O. The van der Waals surface area contributed by atoms with Crippen LogP contribution in [0.3, 0.4) is 0 Å². The number of nitrogens with zero attached hydrogens (tertiary/aromatic N) is 5. The highest BCUT2D eigenvalue weighted by Gasteiger charge is 2.24. The number of hydrogen-bond donors (Lipinski definition) is 2. The van der Waals surface area contributed by atoms with E-state index in [2.05, 4.69) is 39.4 Å². The van der Waals surface area contributed by atoms with Crippen molar-refractivity contribution in [1.29, 1.82) is 0 Å². The second-order valence-electron chi connectivity index (χ2n) is 9.54. The topological polar surface area (TPSA) is 88.0 Å². The first-order valence-corrected chi connectivity index (χ1v) is 13.1. The van der Waals surface area contributed by atoms with E-state index in [1.165, 1.54) is 0 Å². The molecule has 2 N–H and O–H groups in total. The number of benzene rings is 2. The fourth-order valence-electron chi connectivity index (χ4n) is 4.02.